The van der Waals surface area contributed by atoms with Crippen LogP contribution in [0.4, 0.5) is 5.00 Å². The summed E-state index contributed by atoms with van der Waals surface area (Å²) < 4.78 is 1.92. The third kappa shape index (κ3) is 5.09. The SMILES string of the molecule is C[C@@H](C(=O)Nc1sc2c(c1C#N)CCCCC2)N(C)Cc1cnn(Cc2ccccc2)c1. The fourth-order valence-corrected chi connectivity index (χ4v) is 5.38. The highest BCUT2D eigenvalue weighted by Crippen LogP contribution is 2.37. The van der Waals surface area contributed by atoms with Crippen molar-refractivity contribution >= 4 is 22.2 Å². The second-order valence-corrected chi connectivity index (χ2v) is 9.60. The number of nitrogens with one attached hydrogen (secondary N) is 1. The Balaban J connectivity index is 1.38. The number of nitriles is 1. The first-order valence-electron chi connectivity index (χ1n) is 11.2. The van der Waals surface area contributed by atoms with Crippen molar-refractivity contribution in [2.45, 2.75) is 58.2 Å². The summed E-state index contributed by atoms with van der Waals surface area (Å²) in [7, 11) is 1.94. The van der Waals surface area contributed by atoms with Gasteiger partial charge in [-0.2, -0.15) is 10.4 Å². The second-order valence-electron chi connectivity index (χ2n) is 8.49. The maximum absolute atomic E-state index is 13.0. The van der Waals surface area contributed by atoms with Crippen LogP contribution in [0, 0.1) is 11.3 Å². The monoisotopic (exact) mass is 447 g/mol. The van der Waals surface area contributed by atoms with E-state index in [1.54, 1.807) is 11.3 Å². The molecule has 6 nitrogen and oxygen atoms in total. The fourth-order valence-electron chi connectivity index (χ4n) is 4.14. The zero-order valence-corrected chi connectivity index (χ0v) is 19.5. The van der Waals surface area contributed by atoms with Gasteiger partial charge in [-0.1, -0.05) is 36.8 Å². The third-order valence-corrected chi connectivity index (χ3v) is 7.32. The molecule has 0 saturated heterocycles. The molecule has 0 fully saturated rings. The van der Waals surface area contributed by atoms with Crippen LogP contribution < -0.4 is 5.32 Å². The number of amides is 1. The molecule has 2 heterocycles. The molecule has 4 rings (SSSR count). The highest BCUT2D eigenvalue weighted by Gasteiger charge is 2.24. The molecule has 2 aromatic heterocycles. The van der Waals surface area contributed by atoms with Crippen LogP contribution in [-0.4, -0.2) is 33.7 Å². The lowest BCUT2D eigenvalue weighted by Gasteiger charge is -2.23. The van der Waals surface area contributed by atoms with Crippen LogP contribution in [0.15, 0.2) is 42.7 Å². The summed E-state index contributed by atoms with van der Waals surface area (Å²) in [5, 5.41) is 17.9. The minimum Gasteiger partial charge on any atom is -0.315 e. The van der Waals surface area contributed by atoms with Crippen LogP contribution in [-0.2, 0) is 30.7 Å². The summed E-state index contributed by atoms with van der Waals surface area (Å²) in [6, 6.07) is 12.2. The van der Waals surface area contributed by atoms with E-state index in [0.29, 0.717) is 17.1 Å². The fraction of sp³-hybridized carbons (Fsp3) is 0.400. The van der Waals surface area contributed by atoms with E-state index in [1.807, 2.05) is 54.1 Å². The molecule has 3 aromatic rings. The van der Waals surface area contributed by atoms with Crippen molar-refractivity contribution in [2.75, 3.05) is 12.4 Å². The van der Waals surface area contributed by atoms with Gasteiger partial charge in [0.25, 0.3) is 0 Å². The lowest BCUT2D eigenvalue weighted by Crippen LogP contribution is -2.39. The molecule has 1 amide bonds. The van der Waals surface area contributed by atoms with E-state index < -0.39 is 0 Å². The predicted molar refractivity (Wildman–Crippen MR) is 128 cm³/mol. The van der Waals surface area contributed by atoms with Crippen LogP contribution in [0.2, 0.25) is 0 Å². The van der Waals surface area contributed by atoms with Crippen molar-refractivity contribution in [1.29, 1.82) is 5.26 Å². The van der Waals surface area contributed by atoms with Crippen LogP contribution in [0.1, 0.15) is 53.3 Å². The summed E-state index contributed by atoms with van der Waals surface area (Å²) in [6.45, 7) is 3.24. The Kier molecular flexibility index (Phi) is 7.03. The van der Waals surface area contributed by atoms with Gasteiger partial charge in [-0.3, -0.25) is 14.4 Å². The maximum Gasteiger partial charge on any atom is 0.242 e. The van der Waals surface area contributed by atoms with Crippen LogP contribution in [0.3, 0.4) is 0 Å². The first kappa shape index (κ1) is 22.3. The average molecular weight is 448 g/mol. The van der Waals surface area contributed by atoms with Crippen LogP contribution in [0.5, 0.6) is 0 Å². The number of benzene rings is 1. The molecular formula is C25H29N5OS. The van der Waals surface area contributed by atoms with Crippen molar-refractivity contribution in [1.82, 2.24) is 14.7 Å². The van der Waals surface area contributed by atoms with E-state index >= 15 is 0 Å². The van der Waals surface area contributed by atoms with Crippen molar-refractivity contribution in [3.8, 4) is 6.07 Å². The Morgan fingerprint density at radius 2 is 2.03 bits per heavy atom. The second kappa shape index (κ2) is 10.1. The molecular weight excluding hydrogens is 418 g/mol. The summed E-state index contributed by atoms with van der Waals surface area (Å²) in [5.41, 5.74) is 4.07. The molecule has 1 atom stereocenters. The maximum atomic E-state index is 13.0. The topological polar surface area (TPSA) is 74.0 Å². The molecule has 0 radical (unpaired) electrons. The van der Waals surface area contributed by atoms with Crippen molar-refractivity contribution in [3.05, 3.63) is 69.9 Å². The summed E-state index contributed by atoms with van der Waals surface area (Å²) in [5.74, 6) is -0.0860. The predicted octanol–water partition coefficient (Wildman–Crippen LogP) is 4.59. The molecule has 32 heavy (non-hydrogen) atoms. The molecule has 0 bridgehead atoms. The summed E-state index contributed by atoms with van der Waals surface area (Å²) in [4.78, 5) is 16.2. The van der Waals surface area contributed by atoms with E-state index in [4.69, 9.17) is 0 Å². The Morgan fingerprint density at radius 3 is 2.81 bits per heavy atom. The number of aryl methyl sites for hydroxylation is 1. The highest BCUT2D eigenvalue weighted by atomic mass is 32.1. The highest BCUT2D eigenvalue weighted by molar-refractivity contribution is 7.16. The number of anilines is 1. The van der Waals surface area contributed by atoms with E-state index in [2.05, 4.69) is 28.6 Å². The first-order chi connectivity index (χ1) is 15.5. The molecule has 1 aliphatic carbocycles. The molecule has 0 unspecified atom stereocenters. The number of aromatic nitrogens is 2. The number of thiophene rings is 1. The third-order valence-electron chi connectivity index (χ3n) is 6.12. The van der Waals surface area contributed by atoms with Crippen molar-refractivity contribution in [2.24, 2.45) is 0 Å². The molecule has 0 spiro atoms. The van der Waals surface area contributed by atoms with Gasteiger partial charge in [0.15, 0.2) is 0 Å². The molecule has 166 valence electrons. The largest absolute Gasteiger partial charge is 0.315 e. The zero-order chi connectivity index (χ0) is 22.5. The van der Waals surface area contributed by atoms with Gasteiger partial charge in [-0.25, -0.2) is 0 Å². The van der Waals surface area contributed by atoms with Gasteiger partial charge >= 0.3 is 0 Å². The van der Waals surface area contributed by atoms with Crippen molar-refractivity contribution < 1.29 is 4.79 Å². The number of hydrogen-bond acceptors (Lipinski definition) is 5. The van der Waals surface area contributed by atoms with E-state index in [-0.39, 0.29) is 11.9 Å². The number of likely N-dealkylation sites (N-methyl/N-ethyl adjacent to an activating group) is 1. The normalized spacial score (nSPS) is 14.4. The Labute approximate surface area is 193 Å². The lowest BCUT2D eigenvalue weighted by atomic mass is 10.1. The van der Waals surface area contributed by atoms with E-state index in [0.717, 1.165) is 43.4 Å². The zero-order valence-electron chi connectivity index (χ0n) is 18.7. The summed E-state index contributed by atoms with van der Waals surface area (Å²) in [6.07, 6.45) is 9.30. The number of carbonyl (C=O) groups excluding carboxylic acids is 1. The van der Waals surface area contributed by atoms with Gasteiger partial charge < -0.3 is 5.32 Å². The Morgan fingerprint density at radius 1 is 1.25 bits per heavy atom. The minimum atomic E-state index is -0.332. The van der Waals surface area contributed by atoms with E-state index in [1.165, 1.54) is 16.9 Å². The first-order valence-corrected chi connectivity index (χ1v) is 12.0. The van der Waals surface area contributed by atoms with Gasteiger partial charge in [-0.05, 0) is 50.8 Å². The van der Waals surface area contributed by atoms with Gasteiger partial charge in [-0.15, -0.1) is 11.3 Å². The van der Waals surface area contributed by atoms with Gasteiger partial charge in [0.05, 0.1) is 24.3 Å². The van der Waals surface area contributed by atoms with Crippen LogP contribution in [0.25, 0.3) is 0 Å². The average Bonchev–Trinajstić information content (AvgIpc) is 3.29. The quantitative estimate of drug-likeness (QED) is 0.538. The van der Waals surface area contributed by atoms with E-state index in [9.17, 15) is 10.1 Å². The number of fused-ring (bicyclic) bond motifs is 1. The number of hydrogen-bond donors (Lipinski definition) is 1. The molecule has 1 N–H and O–H groups in total. The Bertz CT molecular complexity index is 1110. The lowest BCUT2D eigenvalue weighted by molar-refractivity contribution is -0.120. The number of rotatable bonds is 7. The smallest absolute Gasteiger partial charge is 0.242 e. The molecule has 1 aromatic carbocycles. The summed E-state index contributed by atoms with van der Waals surface area (Å²) >= 11 is 1.58. The molecule has 0 aliphatic heterocycles. The molecule has 0 saturated carbocycles. The minimum absolute atomic E-state index is 0.0860. The molecule has 1 aliphatic rings. The van der Waals surface area contributed by atoms with Gasteiger partial charge in [0.1, 0.15) is 11.1 Å². The number of nitrogens with zero attached hydrogens (tertiary/aromatic N) is 4. The van der Waals surface area contributed by atoms with Crippen LogP contribution >= 0.6 is 11.3 Å². The molecule has 7 heteroatoms. The Hall–Kier alpha value is -2.95. The van der Waals surface area contributed by atoms with Gasteiger partial charge in [0.2, 0.25) is 5.91 Å². The standard InChI is InChI=1S/C25H29N5OS/c1-18(24(31)28-25-22(13-26)21-11-7-4-8-12-23(21)32-25)29(2)15-20-14-27-30(17-20)16-19-9-5-3-6-10-19/h3,5-6,9-10,14,17-18H,4,7-8,11-12,15-16H2,1-2H3,(H,28,31)/t18-/m0/s1. The van der Waals surface area contributed by atoms with Crippen molar-refractivity contribution in [3.63, 3.8) is 0 Å². The van der Waals surface area contributed by atoms with Gasteiger partial charge in [0, 0.05) is 23.2 Å². The number of carbonyl (C=O) groups is 1.